The van der Waals surface area contributed by atoms with Crippen LogP contribution in [0, 0.1) is 0 Å². The second-order valence-electron chi connectivity index (χ2n) is 4.09. The number of hydrogen-bond donors (Lipinski definition) is 1. The SMILES string of the molecule is c1ccc2c(c1)c1cnccc1c1[nH]cnc21. The molecule has 1 N–H and O–H groups in total. The minimum Gasteiger partial charge on any atom is -0.344 e. The van der Waals surface area contributed by atoms with Gasteiger partial charge in [-0.1, -0.05) is 24.3 Å². The Kier molecular flexibility index (Phi) is 1.56. The molecule has 0 saturated heterocycles. The van der Waals surface area contributed by atoms with Gasteiger partial charge in [0.05, 0.1) is 17.4 Å². The lowest BCUT2D eigenvalue weighted by atomic mass is 10.0. The molecule has 80 valence electrons. The van der Waals surface area contributed by atoms with Crippen molar-refractivity contribution in [3.63, 3.8) is 0 Å². The number of nitrogens with one attached hydrogen (secondary N) is 1. The molecule has 0 aliphatic carbocycles. The van der Waals surface area contributed by atoms with E-state index in [0.717, 1.165) is 11.0 Å². The Morgan fingerprint density at radius 3 is 2.71 bits per heavy atom. The summed E-state index contributed by atoms with van der Waals surface area (Å²) in [5, 5.41) is 4.71. The number of H-pyrrole nitrogens is 1. The van der Waals surface area contributed by atoms with Crippen LogP contribution in [0.5, 0.6) is 0 Å². The third kappa shape index (κ3) is 1.05. The summed E-state index contributed by atoms with van der Waals surface area (Å²) in [5.41, 5.74) is 2.11. The van der Waals surface area contributed by atoms with E-state index in [1.165, 1.54) is 21.5 Å². The van der Waals surface area contributed by atoms with Gasteiger partial charge >= 0.3 is 0 Å². The Bertz CT molecular complexity index is 776. The van der Waals surface area contributed by atoms with Crippen LogP contribution >= 0.6 is 0 Å². The van der Waals surface area contributed by atoms with Gasteiger partial charge < -0.3 is 4.98 Å². The summed E-state index contributed by atoms with van der Waals surface area (Å²) in [6.45, 7) is 0. The van der Waals surface area contributed by atoms with Gasteiger partial charge in [-0.2, -0.15) is 0 Å². The largest absolute Gasteiger partial charge is 0.344 e. The number of pyridine rings is 1. The van der Waals surface area contributed by atoms with Gasteiger partial charge in [0, 0.05) is 28.6 Å². The van der Waals surface area contributed by atoms with Crippen LogP contribution in [0.3, 0.4) is 0 Å². The second-order valence-corrected chi connectivity index (χ2v) is 4.09. The van der Waals surface area contributed by atoms with Crippen molar-refractivity contribution in [2.24, 2.45) is 0 Å². The molecule has 0 aliphatic rings. The lowest BCUT2D eigenvalue weighted by Gasteiger charge is -2.04. The normalized spacial score (nSPS) is 11.5. The van der Waals surface area contributed by atoms with Gasteiger partial charge in [-0.25, -0.2) is 4.98 Å². The van der Waals surface area contributed by atoms with E-state index in [1.807, 2.05) is 30.6 Å². The fraction of sp³-hybridized carbons (Fsp3) is 0. The topological polar surface area (TPSA) is 41.6 Å². The zero-order valence-electron chi connectivity index (χ0n) is 9.01. The number of imidazole rings is 1. The lowest BCUT2D eigenvalue weighted by Crippen LogP contribution is -1.82. The summed E-state index contributed by atoms with van der Waals surface area (Å²) in [7, 11) is 0. The van der Waals surface area contributed by atoms with Gasteiger partial charge in [-0.3, -0.25) is 4.98 Å². The zero-order valence-corrected chi connectivity index (χ0v) is 9.01. The zero-order chi connectivity index (χ0) is 11.2. The van der Waals surface area contributed by atoms with Gasteiger partial charge in [0.2, 0.25) is 0 Å². The molecule has 2 heterocycles. The van der Waals surface area contributed by atoms with Crippen molar-refractivity contribution in [1.29, 1.82) is 0 Å². The molecule has 2 aromatic carbocycles. The van der Waals surface area contributed by atoms with E-state index < -0.39 is 0 Å². The van der Waals surface area contributed by atoms with Crippen molar-refractivity contribution in [2.75, 3.05) is 0 Å². The summed E-state index contributed by atoms with van der Waals surface area (Å²) < 4.78 is 0. The standard InChI is InChI=1S/C14H9N3/c1-2-4-10-9(3-1)12-7-15-6-5-11(12)14-13(10)16-8-17-14/h1-8H,(H,16,17). The highest BCUT2D eigenvalue weighted by Crippen LogP contribution is 2.31. The predicted molar refractivity (Wildman–Crippen MR) is 68.9 cm³/mol. The first-order valence-electron chi connectivity index (χ1n) is 5.52. The van der Waals surface area contributed by atoms with E-state index in [9.17, 15) is 0 Å². The molecule has 0 spiro atoms. The van der Waals surface area contributed by atoms with Crippen LogP contribution in [-0.2, 0) is 0 Å². The molecule has 4 rings (SSSR count). The number of hydrogen-bond acceptors (Lipinski definition) is 2. The minimum absolute atomic E-state index is 1.03. The highest BCUT2D eigenvalue weighted by molar-refractivity contribution is 6.22. The third-order valence-electron chi connectivity index (χ3n) is 3.20. The average molecular weight is 219 g/mol. The maximum absolute atomic E-state index is 4.42. The molecule has 0 atom stereocenters. The van der Waals surface area contributed by atoms with E-state index in [-0.39, 0.29) is 0 Å². The lowest BCUT2D eigenvalue weighted by molar-refractivity contribution is 1.35. The van der Waals surface area contributed by atoms with Gasteiger partial charge in [-0.05, 0) is 11.5 Å². The Balaban J connectivity index is 2.48. The number of benzene rings is 2. The van der Waals surface area contributed by atoms with Crippen LogP contribution < -0.4 is 0 Å². The van der Waals surface area contributed by atoms with Crippen molar-refractivity contribution in [3.8, 4) is 0 Å². The Hall–Kier alpha value is -2.42. The molecule has 0 bridgehead atoms. The van der Waals surface area contributed by atoms with Crippen molar-refractivity contribution in [3.05, 3.63) is 49.1 Å². The number of fused-ring (bicyclic) bond motifs is 6. The molecule has 0 saturated carbocycles. The van der Waals surface area contributed by atoms with Gasteiger partial charge in [-0.15, -0.1) is 0 Å². The van der Waals surface area contributed by atoms with Crippen LogP contribution in [0.25, 0.3) is 32.6 Å². The fourth-order valence-electron chi connectivity index (χ4n) is 2.46. The average Bonchev–Trinajstić information content (AvgIpc) is 2.89. The fourth-order valence-corrected chi connectivity index (χ4v) is 2.46. The molecule has 0 radical (unpaired) electrons. The predicted octanol–water partition coefficient (Wildman–Crippen LogP) is 3.26. The molecular formula is C14H9N3. The molecule has 0 aliphatic heterocycles. The first-order chi connectivity index (χ1) is 8.45. The molecule has 3 heteroatoms. The highest BCUT2D eigenvalue weighted by atomic mass is 14.9. The van der Waals surface area contributed by atoms with Crippen LogP contribution in [0.4, 0.5) is 0 Å². The van der Waals surface area contributed by atoms with E-state index >= 15 is 0 Å². The number of aromatic amines is 1. The van der Waals surface area contributed by atoms with Crippen LogP contribution in [-0.4, -0.2) is 15.0 Å². The summed E-state index contributed by atoms with van der Waals surface area (Å²) in [4.78, 5) is 11.9. The maximum Gasteiger partial charge on any atom is 0.0967 e. The molecule has 4 aromatic rings. The summed E-state index contributed by atoms with van der Waals surface area (Å²) in [6.07, 6.45) is 5.48. The molecule has 3 nitrogen and oxygen atoms in total. The molecular weight excluding hydrogens is 210 g/mol. The number of nitrogens with zero attached hydrogens (tertiary/aromatic N) is 2. The first-order valence-corrected chi connectivity index (χ1v) is 5.52. The number of aromatic nitrogens is 3. The van der Waals surface area contributed by atoms with Crippen LogP contribution in [0.2, 0.25) is 0 Å². The summed E-state index contributed by atoms with van der Waals surface area (Å²) in [5.74, 6) is 0. The van der Waals surface area contributed by atoms with Crippen LogP contribution in [0.15, 0.2) is 49.1 Å². The third-order valence-corrected chi connectivity index (χ3v) is 3.20. The van der Waals surface area contributed by atoms with E-state index in [4.69, 9.17) is 0 Å². The van der Waals surface area contributed by atoms with Crippen LogP contribution in [0.1, 0.15) is 0 Å². The molecule has 2 aromatic heterocycles. The van der Waals surface area contributed by atoms with Gasteiger partial charge in [0.1, 0.15) is 0 Å². The van der Waals surface area contributed by atoms with Crippen molar-refractivity contribution in [1.82, 2.24) is 15.0 Å². The molecule has 0 fully saturated rings. The smallest absolute Gasteiger partial charge is 0.0967 e. The molecule has 0 unspecified atom stereocenters. The van der Waals surface area contributed by atoms with Gasteiger partial charge in [0.15, 0.2) is 0 Å². The quantitative estimate of drug-likeness (QED) is 0.461. The molecule has 17 heavy (non-hydrogen) atoms. The van der Waals surface area contributed by atoms with E-state index in [1.54, 1.807) is 6.33 Å². The second kappa shape index (κ2) is 3.04. The monoisotopic (exact) mass is 219 g/mol. The van der Waals surface area contributed by atoms with E-state index in [0.29, 0.717) is 0 Å². The number of rotatable bonds is 0. The molecule has 0 amide bonds. The summed E-state index contributed by atoms with van der Waals surface area (Å²) in [6, 6.07) is 10.3. The van der Waals surface area contributed by atoms with E-state index in [2.05, 4.69) is 27.1 Å². The Labute approximate surface area is 97.1 Å². The van der Waals surface area contributed by atoms with Crippen molar-refractivity contribution >= 4 is 32.6 Å². The van der Waals surface area contributed by atoms with Gasteiger partial charge in [0.25, 0.3) is 0 Å². The maximum atomic E-state index is 4.42. The Morgan fingerprint density at radius 1 is 0.882 bits per heavy atom. The first kappa shape index (κ1) is 8.70. The summed E-state index contributed by atoms with van der Waals surface area (Å²) >= 11 is 0. The van der Waals surface area contributed by atoms with Crippen molar-refractivity contribution in [2.45, 2.75) is 0 Å². The van der Waals surface area contributed by atoms with Crippen molar-refractivity contribution < 1.29 is 0 Å². The minimum atomic E-state index is 1.03. The highest BCUT2D eigenvalue weighted by Gasteiger charge is 2.09. The Morgan fingerprint density at radius 2 is 1.76 bits per heavy atom.